The van der Waals surface area contributed by atoms with Gasteiger partial charge in [-0.05, 0) is 35.1 Å². The number of fused-ring (bicyclic) bond motifs is 1. The number of carbonyl (C=O) groups is 1. The van der Waals surface area contributed by atoms with Crippen LogP contribution in [0, 0.1) is 0 Å². The van der Waals surface area contributed by atoms with E-state index in [1.807, 2.05) is 26.0 Å². The van der Waals surface area contributed by atoms with Crippen molar-refractivity contribution in [1.29, 1.82) is 0 Å². The zero-order valence-corrected chi connectivity index (χ0v) is 10.9. The van der Waals surface area contributed by atoms with Gasteiger partial charge in [-0.15, -0.1) is 0 Å². The van der Waals surface area contributed by atoms with Gasteiger partial charge in [-0.3, -0.25) is 0 Å². The Morgan fingerprint density at radius 3 is 2.53 bits per heavy atom. The van der Waals surface area contributed by atoms with Gasteiger partial charge in [-0.25, -0.2) is 4.79 Å². The first-order chi connectivity index (χ1) is 8.00. The van der Waals surface area contributed by atoms with Crippen LogP contribution in [0.5, 0.6) is 0 Å². The minimum Gasteiger partial charge on any atom is -0.478 e. The van der Waals surface area contributed by atoms with Gasteiger partial charge in [-0.1, -0.05) is 45.9 Å². The van der Waals surface area contributed by atoms with Gasteiger partial charge in [0.05, 0.1) is 5.56 Å². The molecule has 0 saturated carbocycles. The second-order valence-electron chi connectivity index (χ2n) is 4.60. The summed E-state index contributed by atoms with van der Waals surface area (Å²) in [6, 6.07) is 5.36. The van der Waals surface area contributed by atoms with E-state index in [0.717, 1.165) is 12.0 Å². The van der Waals surface area contributed by atoms with Crippen molar-refractivity contribution < 1.29 is 9.90 Å². The molecule has 0 spiro atoms. The van der Waals surface area contributed by atoms with E-state index in [1.54, 1.807) is 12.1 Å². The summed E-state index contributed by atoms with van der Waals surface area (Å²) in [6.45, 7) is 8.35. The first-order valence-corrected chi connectivity index (χ1v) is 6.05. The highest BCUT2D eigenvalue weighted by molar-refractivity contribution is 5.88. The molecule has 0 fully saturated rings. The minimum absolute atomic E-state index is 0.112. The molecule has 0 aliphatic heterocycles. The van der Waals surface area contributed by atoms with Crippen molar-refractivity contribution in [2.45, 2.75) is 39.5 Å². The first kappa shape index (κ1) is 13.5. The van der Waals surface area contributed by atoms with Gasteiger partial charge in [0.15, 0.2) is 0 Å². The van der Waals surface area contributed by atoms with Crippen LogP contribution in [-0.2, 0) is 5.41 Å². The van der Waals surface area contributed by atoms with Crippen LogP contribution in [0.1, 0.15) is 55.6 Å². The van der Waals surface area contributed by atoms with Crippen LogP contribution in [0.4, 0.5) is 0 Å². The maximum absolute atomic E-state index is 10.8. The van der Waals surface area contributed by atoms with Crippen molar-refractivity contribution >= 4 is 12.0 Å². The average molecular weight is 232 g/mol. The number of carboxylic acids is 1. The SMILES string of the molecule is CC.CC1(C)CC=Cc2cc(C(=O)O)ccc21. The van der Waals surface area contributed by atoms with Crippen molar-refractivity contribution in [3.63, 3.8) is 0 Å². The van der Waals surface area contributed by atoms with Crippen molar-refractivity contribution in [1.82, 2.24) is 0 Å². The number of rotatable bonds is 1. The maximum atomic E-state index is 10.8. The molecule has 0 heterocycles. The summed E-state index contributed by atoms with van der Waals surface area (Å²) in [7, 11) is 0. The van der Waals surface area contributed by atoms with Crippen molar-refractivity contribution in [3.05, 3.63) is 41.0 Å². The van der Waals surface area contributed by atoms with Gasteiger partial charge in [0.25, 0.3) is 0 Å². The molecule has 1 N–H and O–H groups in total. The molecule has 2 heteroatoms. The second kappa shape index (κ2) is 5.17. The average Bonchev–Trinajstić information content (AvgIpc) is 2.30. The van der Waals surface area contributed by atoms with Crippen LogP contribution < -0.4 is 0 Å². The number of allylic oxidation sites excluding steroid dienone is 1. The highest BCUT2D eigenvalue weighted by Crippen LogP contribution is 2.35. The Labute approximate surface area is 103 Å². The monoisotopic (exact) mass is 232 g/mol. The third-order valence-electron chi connectivity index (χ3n) is 2.95. The second-order valence-corrected chi connectivity index (χ2v) is 4.60. The zero-order chi connectivity index (χ0) is 13.1. The van der Waals surface area contributed by atoms with Crippen LogP contribution in [0.25, 0.3) is 6.08 Å². The third kappa shape index (κ3) is 2.76. The molecule has 92 valence electrons. The van der Waals surface area contributed by atoms with E-state index in [4.69, 9.17) is 5.11 Å². The molecule has 17 heavy (non-hydrogen) atoms. The lowest BCUT2D eigenvalue weighted by Gasteiger charge is -2.29. The summed E-state index contributed by atoms with van der Waals surface area (Å²) in [5.41, 5.74) is 2.73. The number of hydrogen-bond donors (Lipinski definition) is 1. The first-order valence-electron chi connectivity index (χ1n) is 6.05. The zero-order valence-electron chi connectivity index (χ0n) is 10.9. The predicted molar refractivity (Wildman–Crippen MR) is 71.4 cm³/mol. The summed E-state index contributed by atoms with van der Waals surface area (Å²) in [5, 5.41) is 8.89. The van der Waals surface area contributed by atoms with Crippen LogP contribution in [0.2, 0.25) is 0 Å². The molecule has 1 aliphatic carbocycles. The molecule has 1 aromatic rings. The Morgan fingerprint density at radius 2 is 1.94 bits per heavy atom. The van der Waals surface area contributed by atoms with E-state index in [1.165, 1.54) is 5.56 Å². The topological polar surface area (TPSA) is 37.3 Å². The van der Waals surface area contributed by atoms with Crippen molar-refractivity contribution in [2.75, 3.05) is 0 Å². The van der Waals surface area contributed by atoms with Crippen LogP contribution in [0.3, 0.4) is 0 Å². The maximum Gasteiger partial charge on any atom is 0.335 e. The Hall–Kier alpha value is -1.57. The molecule has 1 aliphatic rings. The highest BCUT2D eigenvalue weighted by atomic mass is 16.4. The molecule has 0 aromatic heterocycles. The number of carboxylic acid groups (broad SMARTS) is 1. The quantitative estimate of drug-likeness (QED) is 0.791. The molecule has 1 aromatic carbocycles. The summed E-state index contributed by atoms with van der Waals surface area (Å²) >= 11 is 0. The lowest BCUT2D eigenvalue weighted by molar-refractivity contribution is 0.0697. The summed E-state index contributed by atoms with van der Waals surface area (Å²) < 4.78 is 0. The van der Waals surface area contributed by atoms with Crippen LogP contribution >= 0.6 is 0 Å². The van der Waals surface area contributed by atoms with Gasteiger partial charge >= 0.3 is 5.97 Å². The number of hydrogen-bond acceptors (Lipinski definition) is 1. The number of benzene rings is 1. The van der Waals surface area contributed by atoms with Gasteiger partial charge in [-0.2, -0.15) is 0 Å². The summed E-state index contributed by atoms with van der Waals surface area (Å²) in [5.74, 6) is -0.866. The van der Waals surface area contributed by atoms with E-state index in [-0.39, 0.29) is 5.41 Å². The fourth-order valence-electron chi connectivity index (χ4n) is 2.04. The highest BCUT2D eigenvalue weighted by Gasteiger charge is 2.24. The Bertz CT molecular complexity index is 442. The minimum atomic E-state index is -0.866. The molecule has 0 radical (unpaired) electrons. The molecular weight excluding hydrogens is 212 g/mol. The van der Waals surface area contributed by atoms with Crippen molar-refractivity contribution in [2.24, 2.45) is 0 Å². The summed E-state index contributed by atoms with van der Waals surface area (Å²) in [6.07, 6.45) is 5.12. The standard InChI is InChI=1S/C13H14O2.C2H6/c1-13(2)7-3-4-9-8-10(12(14)15)5-6-11(9)13;1-2/h3-6,8H,7H2,1-2H3,(H,14,15);1-2H3. The molecular formula is C15H20O2. The lowest BCUT2D eigenvalue weighted by atomic mass is 9.75. The predicted octanol–water partition coefficient (Wildman–Crippen LogP) is 4.11. The van der Waals surface area contributed by atoms with E-state index in [0.29, 0.717) is 5.56 Å². The Kier molecular flexibility index (Phi) is 4.11. The third-order valence-corrected chi connectivity index (χ3v) is 2.95. The van der Waals surface area contributed by atoms with Gasteiger partial charge < -0.3 is 5.11 Å². The van der Waals surface area contributed by atoms with E-state index < -0.39 is 5.97 Å². The molecule has 0 atom stereocenters. The normalized spacial score (nSPS) is 15.5. The molecule has 0 bridgehead atoms. The number of aromatic carboxylic acids is 1. The lowest BCUT2D eigenvalue weighted by Crippen LogP contribution is -2.20. The Morgan fingerprint density at radius 1 is 1.29 bits per heavy atom. The molecule has 2 nitrogen and oxygen atoms in total. The van der Waals surface area contributed by atoms with Crippen molar-refractivity contribution in [3.8, 4) is 0 Å². The van der Waals surface area contributed by atoms with Gasteiger partial charge in [0.1, 0.15) is 0 Å². The van der Waals surface area contributed by atoms with E-state index >= 15 is 0 Å². The fraction of sp³-hybridized carbons (Fsp3) is 0.400. The smallest absolute Gasteiger partial charge is 0.335 e. The van der Waals surface area contributed by atoms with Gasteiger partial charge in [0.2, 0.25) is 0 Å². The largest absolute Gasteiger partial charge is 0.478 e. The van der Waals surface area contributed by atoms with Crippen LogP contribution in [0.15, 0.2) is 24.3 Å². The Balaban J connectivity index is 0.000000686. The van der Waals surface area contributed by atoms with Crippen LogP contribution in [-0.4, -0.2) is 11.1 Å². The molecule has 0 amide bonds. The summed E-state index contributed by atoms with van der Waals surface area (Å²) in [4.78, 5) is 10.8. The van der Waals surface area contributed by atoms with E-state index in [9.17, 15) is 4.79 Å². The molecule has 0 saturated heterocycles. The molecule has 0 unspecified atom stereocenters. The fourth-order valence-corrected chi connectivity index (χ4v) is 2.04. The van der Waals surface area contributed by atoms with Gasteiger partial charge in [0, 0.05) is 0 Å². The molecule has 2 rings (SSSR count). The van der Waals surface area contributed by atoms with E-state index in [2.05, 4.69) is 19.9 Å².